The van der Waals surface area contributed by atoms with E-state index < -0.39 is 26.6 Å². The summed E-state index contributed by atoms with van der Waals surface area (Å²) in [6.45, 7) is 1.94. The number of nitrogens with zero attached hydrogens (tertiary/aromatic N) is 1. The zero-order chi connectivity index (χ0) is 18.2. The van der Waals surface area contributed by atoms with Gasteiger partial charge in [-0.15, -0.1) is 0 Å². The lowest BCUT2D eigenvalue weighted by Gasteiger charge is -2.11. The molecular formula is C18H14F2N2O2S. The predicted octanol–water partition coefficient (Wildman–Crippen LogP) is 3.65. The van der Waals surface area contributed by atoms with Crippen LogP contribution in [0.3, 0.4) is 0 Å². The minimum atomic E-state index is -4.36. The van der Waals surface area contributed by atoms with Crippen LogP contribution in [0.1, 0.15) is 5.56 Å². The molecule has 25 heavy (non-hydrogen) atoms. The van der Waals surface area contributed by atoms with E-state index in [0.29, 0.717) is 11.6 Å². The topological polar surface area (TPSA) is 73.0 Å². The molecule has 0 saturated heterocycles. The molecule has 0 fully saturated rings. The Morgan fingerprint density at radius 1 is 0.960 bits per heavy atom. The summed E-state index contributed by atoms with van der Waals surface area (Å²) < 4.78 is 51.3. The minimum absolute atomic E-state index is 0.138. The Bertz CT molecular complexity index is 1050. The van der Waals surface area contributed by atoms with E-state index in [2.05, 4.69) is 4.98 Å². The molecule has 0 aliphatic rings. The molecule has 0 aliphatic carbocycles. The second-order valence-corrected chi connectivity index (χ2v) is 7.10. The molecule has 0 spiro atoms. The van der Waals surface area contributed by atoms with Crippen molar-refractivity contribution >= 4 is 10.0 Å². The lowest BCUT2D eigenvalue weighted by molar-refractivity contribution is 0.555. The Balaban J connectivity index is 2.22. The van der Waals surface area contributed by atoms with Gasteiger partial charge < -0.3 is 0 Å². The van der Waals surface area contributed by atoms with Crippen LogP contribution < -0.4 is 5.14 Å². The third kappa shape index (κ3) is 3.42. The van der Waals surface area contributed by atoms with Gasteiger partial charge in [0.05, 0.1) is 5.69 Å². The maximum absolute atomic E-state index is 14.5. The number of rotatable bonds is 3. The van der Waals surface area contributed by atoms with Gasteiger partial charge in [-0.25, -0.2) is 22.3 Å². The Morgan fingerprint density at radius 3 is 2.28 bits per heavy atom. The van der Waals surface area contributed by atoms with Gasteiger partial charge in [-0.2, -0.15) is 0 Å². The van der Waals surface area contributed by atoms with E-state index >= 15 is 0 Å². The fourth-order valence-electron chi connectivity index (χ4n) is 2.51. The fourth-order valence-corrected chi connectivity index (χ4v) is 3.11. The number of halogens is 2. The van der Waals surface area contributed by atoms with Crippen LogP contribution >= 0.6 is 0 Å². The van der Waals surface area contributed by atoms with Crippen molar-refractivity contribution in [2.75, 3.05) is 0 Å². The van der Waals surface area contributed by atoms with E-state index in [1.54, 1.807) is 12.1 Å². The molecule has 3 rings (SSSR count). The molecule has 128 valence electrons. The lowest BCUT2D eigenvalue weighted by atomic mass is 9.98. The van der Waals surface area contributed by atoms with Gasteiger partial charge in [0.15, 0.2) is 0 Å². The smallest absolute Gasteiger partial charge is 0.241 e. The number of nitrogens with two attached hydrogens (primary N) is 1. The monoisotopic (exact) mass is 360 g/mol. The lowest BCUT2D eigenvalue weighted by Crippen LogP contribution is -2.14. The Hall–Kier alpha value is -2.64. The van der Waals surface area contributed by atoms with Crippen molar-refractivity contribution in [1.82, 2.24) is 4.98 Å². The molecule has 3 aromatic rings. The molecule has 0 aliphatic heterocycles. The van der Waals surface area contributed by atoms with Gasteiger partial charge in [0.1, 0.15) is 16.5 Å². The van der Waals surface area contributed by atoms with Crippen molar-refractivity contribution in [3.05, 3.63) is 71.9 Å². The summed E-state index contributed by atoms with van der Waals surface area (Å²) in [6, 6.07) is 12.3. The number of hydrogen-bond donors (Lipinski definition) is 1. The van der Waals surface area contributed by atoms with Crippen molar-refractivity contribution in [2.45, 2.75) is 11.8 Å². The molecule has 0 saturated carbocycles. The van der Waals surface area contributed by atoms with Crippen LogP contribution in [-0.2, 0) is 10.0 Å². The minimum Gasteiger partial charge on any atom is -0.255 e. The van der Waals surface area contributed by atoms with Crippen LogP contribution in [0.15, 0.2) is 59.6 Å². The van der Waals surface area contributed by atoms with Gasteiger partial charge in [0, 0.05) is 17.3 Å². The van der Waals surface area contributed by atoms with E-state index in [1.807, 2.05) is 31.2 Å². The number of aryl methyl sites for hydroxylation is 1. The first kappa shape index (κ1) is 17.2. The molecule has 2 N–H and O–H groups in total. The second kappa shape index (κ2) is 6.34. The maximum atomic E-state index is 14.5. The summed E-state index contributed by atoms with van der Waals surface area (Å²) in [5, 5.41) is 4.90. The van der Waals surface area contributed by atoms with Crippen molar-refractivity contribution in [2.24, 2.45) is 5.14 Å². The van der Waals surface area contributed by atoms with E-state index in [0.717, 1.165) is 17.2 Å². The van der Waals surface area contributed by atoms with Gasteiger partial charge in [0.2, 0.25) is 10.0 Å². The summed E-state index contributed by atoms with van der Waals surface area (Å²) in [6.07, 6.45) is 1.46. The molecule has 1 aromatic heterocycles. The highest BCUT2D eigenvalue weighted by molar-refractivity contribution is 7.89. The van der Waals surface area contributed by atoms with Crippen molar-refractivity contribution in [3.8, 4) is 22.4 Å². The summed E-state index contributed by atoms with van der Waals surface area (Å²) in [4.78, 5) is 3.27. The van der Waals surface area contributed by atoms with Gasteiger partial charge in [0.25, 0.3) is 0 Å². The molecule has 0 unspecified atom stereocenters. The molecule has 0 radical (unpaired) electrons. The average molecular weight is 360 g/mol. The number of hydrogen-bond acceptors (Lipinski definition) is 3. The van der Waals surface area contributed by atoms with Crippen LogP contribution in [0.25, 0.3) is 22.4 Å². The predicted molar refractivity (Wildman–Crippen MR) is 91.1 cm³/mol. The normalized spacial score (nSPS) is 11.5. The van der Waals surface area contributed by atoms with Gasteiger partial charge in [-0.3, -0.25) is 4.98 Å². The first-order valence-corrected chi connectivity index (χ1v) is 8.86. The maximum Gasteiger partial charge on any atom is 0.241 e. The first-order valence-electron chi connectivity index (χ1n) is 7.31. The van der Waals surface area contributed by atoms with Crippen molar-refractivity contribution in [3.63, 3.8) is 0 Å². The van der Waals surface area contributed by atoms with Crippen LogP contribution in [0.4, 0.5) is 8.78 Å². The Morgan fingerprint density at radius 2 is 1.64 bits per heavy atom. The Kier molecular flexibility index (Phi) is 4.36. The molecule has 1 heterocycles. The zero-order valence-electron chi connectivity index (χ0n) is 13.2. The molecular weight excluding hydrogens is 346 g/mol. The standard InChI is InChI=1S/C18H14F2N2O2S/c1-11-4-6-12(7-5-11)13-3-2-8-22-18(13)14-9-16(20)17(10-15(14)19)25(21,23)24/h2-10H,1H3,(H2,21,23,24). The quantitative estimate of drug-likeness (QED) is 0.775. The van der Waals surface area contributed by atoms with E-state index in [-0.39, 0.29) is 11.3 Å². The molecule has 0 bridgehead atoms. The van der Waals surface area contributed by atoms with Gasteiger partial charge >= 0.3 is 0 Å². The largest absolute Gasteiger partial charge is 0.255 e. The van der Waals surface area contributed by atoms with Crippen LogP contribution in [0.5, 0.6) is 0 Å². The number of aromatic nitrogens is 1. The van der Waals surface area contributed by atoms with E-state index in [9.17, 15) is 17.2 Å². The van der Waals surface area contributed by atoms with Crippen molar-refractivity contribution in [1.29, 1.82) is 0 Å². The molecule has 2 aromatic carbocycles. The summed E-state index contributed by atoms with van der Waals surface area (Å²) in [5.74, 6) is -2.04. The molecule has 7 heteroatoms. The average Bonchev–Trinajstić information content (AvgIpc) is 2.56. The third-order valence-corrected chi connectivity index (χ3v) is 4.68. The summed E-state index contributed by atoms with van der Waals surface area (Å²) >= 11 is 0. The third-order valence-electron chi connectivity index (χ3n) is 3.75. The number of pyridine rings is 1. The highest BCUT2D eigenvalue weighted by Crippen LogP contribution is 2.33. The number of sulfonamides is 1. The summed E-state index contributed by atoms with van der Waals surface area (Å²) in [7, 11) is -4.36. The SMILES string of the molecule is Cc1ccc(-c2cccnc2-c2cc(F)c(S(N)(=O)=O)cc2F)cc1. The highest BCUT2D eigenvalue weighted by Gasteiger charge is 2.21. The Labute approximate surface area is 144 Å². The van der Waals surface area contributed by atoms with Crippen molar-refractivity contribution < 1.29 is 17.2 Å². The van der Waals surface area contributed by atoms with Gasteiger partial charge in [-0.05, 0) is 30.7 Å². The fraction of sp³-hybridized carbons (Fsp3) is 0.0556. The summed E-state index contributed by atoms with van der Waals surface area (Å²) in [5.41, 5.74) is 2.52. The van der Waals surface area contributed by atoms with E-state index in [1.165, 1.54) is 6.20 Å². The second-order valence-electron chi connectivity index (χ2n) is 5.57. The first-order chi connectivity index (χ1) is 11.8. The van der Waals surface area contributed by atoms with Crippen LogP contribution in [-0.4, -0.2) is 13.4 Å². The number of primary sulfonamides is 1. The molecule has 4 nitrogen and oxygen atoms in total. The van der Waals surface area contributed by atoms with Gasteiger partial charge in [-0.1, -0.05) is 35.9 Å². The molecule has 0 atom stereocenters. The van der Waals surface area contributed by atoms with Crippen LogP contribution in [0.2, 0.25) is 0 Å². The van der Waals surface area contributed by atoms with E-state index in [4.69, 9.17) is 5.14 Å². The highest BCUT2D eigenvalue weighted by atomic mass is 32.2. The van der Waals surface area contributed by atoms with Crippen LogP contribution in [0, 0.1) is 18.6 Å². The zero-order valence-corrected chi connectivity index (χ0v) is 14.0. The number of benzene rings is 2. The molecule has 0 amide bonds.